The molecule has 18 atom stereocenters. The van der Waals surface area contributed by atoms with E-state index in [1.807, 2.05) is 20.0 Å². The summed E-state index contributed by atoms with van der Waals surface area (Å²) in [5.74, 6) is -4.18. The molecule has 2 aliphatic heterocycles. The Morgan fingerprint density at radius 2 is 1.41 bits per heavy atom. The Morgan fingerprint density at radius 1 is 0.762 bits per heavy atom. The molecule has 0 aromatic heterocycles. The second-order valence-corrected chi connectivity index (χ2v) is 23.9. The third-order valence-corrected chi connectivity index (χ3v) is 16.1. The number of nitrogens with one attached hydrogen (secondary N) is 2. The number of hydrogen-bond acceptors (Lipinski definition) is 16. The predicted octanol–water partition coefficient (Wildman–Crippen LogP) is 6.37. The number of nitrogens with zero attached hydrogens (tertiary/aromatic N) is 1. The number of aliphatic imine (C=N–C) groups is 1. The Kier molecular flexibility index (Phi) is 34.8. The number of aliphatic hydroxyl groups is 10. The first-order chi connectivity index (χ1) is 37.7. The number of fused-ring (bicyclic) bond motifs is 2. The molecule has 2 aliphatic rings. The Labute approximate surface area is 479 Å². The molecule has 0 saturated carbocycles. The summed E-state index contributed by atoms with van der Waals surface area (Å²) in [6.45, 7) is 17.5. The van der Waals surface area contributed by atoms with Crippen LogP contribution in [0.5, 0.6) is 0 Å². The quantitative estimate of drug-likeness (QED) is 0.0279. The molecule has 0 amide bonds. The highest BCUT2D eigenvalue weighted by Gasteiger charge is 2.50. The summed E-state index contributed by atoms with van der Waals surface area (Å²) in [7, 11) is 3.55. The number of aliphatic hydroxyl groups excluding tert-OH is 9. The van der Waals surface area contributed by atoms with Gasteiger partial charge in [-0.3, -0.25) is 9.79 Å². The second-order valence-electron chi connectivity index (χ2n) is 23.9. The molecule has 2 rings (SSSR count). The van der Waals surface area contributed by atoms with Crippen LogP contribution in [0.1, 0.15) is 178 Å². The third kappa shape index (κ3) is 27.7. The van der Waals surface area contributed by atoms with Crippen LogP contribution in [0.2, 0.25) is 0 Å². The van der Waals surface area contributed by atoms with Gasteiger partial charge in [0.15, 0.2) is 11.7 Å². The van der Waals surface area contributed by atoms with E-state index in [0.29, 0.717) is 23.5 Å². The van der Waals surface area contributed by atoms with Gasteiger partial charge in [-0.1, -0.05) is 110 Å². The molecule has 18 nitrogen and oxygen atoms in total. The van der Waals surface area contributed by atoms with Crippen molar-refractivity contribution in [3.8, 4) is 0 Å². The fraction of sp³-hybridized carbons (Fsp3) is 0.790. The van der Waals surface area contributed by atoms with Crippen molar-refractivity contribution in [3.05, 3.63) is 59.8 Å². The Balaban J connectivity index is 2.44. The third-order valence-electron chi connectivity index (χ3n) is 16.1. The highest BCUT2D eigenvalue weighted by Crippen LogP contribution is 2.36. The normalized spacial score (nSPS) is 34.7. The van der Waals surface area contributed by atoms with Crippen LogP contribution in [0, 0.1) is 35.5 Å². The van der Waals surface area contributed by atoms with E-state index in [2.05, 4.69) is 48.5 Å². The van der Waals surface area contributed by atoms with Gasteiger partial charge in [-0.2, -0.15) is 0 Å². The summed E-state index contributed by atoms with van der Waals surface area (Å²) < 4.78 is 18.2. The molecular formula is C62H109N3O15. The molecule has 18 heteroatoms. The lowest BCUT2D eigenvalue weighted by Gasteiger charge is -2.45. The van der Waals surface area contributed by atoms with E-state index in [4.69, 9.17) is 14.2 Å². The first-order valence-corrected chi connectivity index (χ1v) is 29.9. The molecule has 0 radical (unpaired) electrons. The smallest absolute Gasteiger partial charge is 0.334 e. The highest BCUT2D eigenvalue weighted by molar-refractivity contribution is 5.88. The van der Waals surface area contributed by atoms with Crippen molar-refractivity contribution in [2.24, 2.45) is 40.5 Å². The summed E-state index contributed by atoms with van der Waals surface area (Å²) >= 11 is 0. The van der Waals surface area contributed by atoms with Crippen molar-refractivity contribution >= 4 is 17.9 Å². The van der Waals surface area contributed by atoms with Crippen LogP contribution in [0.15, 0.2) is 64.7 Å². The molecule has 0 aromatic rings. The van der Waals surface area contributed by atoms with E-state index in [1.165, 1.54) is 0 Å². The highest BCUT2D eigenvalue weighted by atomic mass is 16.7. The Bertz CT molecular complexity index is 1940. The number of carbonyl (C=O) groups excluding carboxylic acids is 2. The molecule has 2 heterocycles. The number of cyclic esters (lactones) is 1. The van der Waals surface area contributed by atoms with Crippen LogP contribution in [0.25, 0.3) is 0 Å². The zero-order valence-electron chi connectivity index (χ0n) is 50.4. The van der Waals surface area contributed by atoms with Crippen LogP contribution in [0.3, 0.4) is 0 Å². The lowest BCUT2D eigenvalue weighted by Crippen LogP contribution is -2.60. The number of esters is 2. The summed E-state index contributed by atoms with van der Waals surface area (Å²) in [6.07, 6.45) is 7.07. The number of hydrogen-bond donors (Lipinski definition) is 12. The number of rotatable bonds is 15. The molecule has 1 saturated heterocycles. The van der Waals surface area contributed by atoms with Crippen LogP contribution >= 0.6 is 0 Å². The predicted molar refractivity (Wildman–Crippen MR) is 313 cm³/mol. The number of ether oxygens (including phenoxy) is 3. The lowest BCUT2D eigenvalue weighted by molar-refractivity contribution is -0.333. The molecular weight excluding hydrogens is 1030 g/mol. The maximum atomic E-state index is 13.7. The van der Waals surface area contributed by atoms with E-state index < -0.39 is 115 Å². The molecule has 1 fully saturated rings. The van der Waals surface area contributed by atoms with E-state index in [9.17, 15) is 60.7 Å². The molecule has 462 valence electrons. The lowest BCUT2D eigenvalue weighted by atomic mass is 9.84. The van der Waals surface area contributed by atoms with Gasteiger partial charge in [-0.05, 0) is 95.0 Å². The van der Waals surface area contributed by atoms with Gasteiger partial charge in [0.1, 0.15) is 18.3 Å². The van der Waals surface area contributed by atoms with Crippen molar-refractivity contribution in [2.45, 2.75) is 257 Å². The van der Waals surface area contributed by atoms with E-state index in [-0.39, 0.29) is 69.6 Å². The van der Waals surface area contributed by atoms with Gasteiger partial charge >= 0.3 is 11.9 Å². The van der Waals surface area contributed by atoms with Crippen molar-refractivity contribution in [1.29, 1.82) is 0 Å². The molecule has 80 heavy (non-hydrogen) atoms. The van der Waals surface area contributed by atoms with Crippen LogP contribution < -0.4 is 10.6 Å². The fourth-order valence-electron chi connectivity index (χ4n) is 10.3. The summed E-state index contributed by atoms with van der Waals surface area (Å²) in [5, 5.41) is 119. The fourth-order valence-corrected chi connectivity index (χ4v) is 10.3. The van der Waals surface area contributed by atoms with Gasteiger partial charge in [-0.15, -0.1) is 0 Å². The largest absolute Gasteiger partial charge is 0.462 e. The van der Waals surface area contributed by atoms with Gasteiger partial charge < -0.3 is 75.9 Å². The maximum Gasteiger partial charge on any atom is 0.334 e. The summed E-state index contributed by atoms with van der Waals surface area (Å²) in [6, 6.07) is 0. The van der Waals surface area contributed by atoms with Crippen molar-refractivity contribution in [1.82, 2.24) is 10.6 Å². The zero-order valence-corrected chi connectivity index (χ0v) is 50.4. The van der Waals surface area contributed by atoms with Crippen LogP contribution in [-0.2, 0) is 23.8 Å². The first kappa shape index (κ1) is 72.6. The van der Waals surface area contributed by atoms with Gasteiger partial charge in [0.05, 0.1) is 54.9 Å². The average molecular weight is 1140 g/mol. The van der Waals surface area contributed by atoms with Crippen LogP contribution in [-0.4, -0.2) is 169 Å². The van der Waals surface area contributed by atoms with Gasteiger partial charge in [0.25, 0.3) is 0 Å². The minimum Gasteiger partial charge on any atom is -0.462 e. The number of carbonyl (C=O) groups is 2. The molecule has 12 N–H and O–H groups in total. The summed E-state index contributed by atoms with van der Waals surface area (Å²) in [4.78, 5) is 31.0. The molecule has 6 unspecified atom stereocenters. The molecule has 0 spiro atoms. The minimum absolute atomic E-state index is 0.0323. The topological polar surface area (TPSA) is 301 Å². The number of allylic oxidation sites excluding steroid dienone is 6. The second kappa shape index (κ2) is 38.3. The van der Waals surface area contributed by atoms with E-state index in [1.54, 1.807) is 72.0 Å². The van der Waals surface area contributed by atoms with Crippen LogP contribution in [0.4, 0.5) is 0 Å². The SMILES string of the molecule is CN=C(NC)NCCCC=CCCC[C@H](C)[C@@H]1OC(=O)C(C)=CC=CC(C)C(O)CC(O)C(C)C(O)CC[C@H](C)[C@@H](O)C[C@@]2(O)O[C@@H](C[C@@H](OC(=O)CCCCC(C)C)C[C@H](O)C[C@@H](O)C[C@H](O)C(C)=CC=CC1C)C[C@@H](O)[C@@H]2O. The van der Waals surface area contributed by atoms with Gasteiger partial charge in [-0.25, -0.2) is 4.79 Å². The van der Waals surface area contributed by atoms with E-state index in [0.717, 1.165) is 57.5 Å². The maximum absolute atomic E-state index is 13.7. The van der Waals surface area contributed by atoms with Crippen molar-refractivity contribution in [3.63, 3.8) is 0 Å². The number of guanidine groups is 1. The Morgan fingerprint density at radius 3 is 2.08 bits per heavy atom. The Hall–Kier alpha value is -3.53. The first-order valence-electron chi connectivity index (χ1n) is 29.9. The molecule has 0 aliphatic carbocycles. The zero-order chi connectivity index (χ0) is 60.1. The average Bonchev–Trinajstić information content (AvgIpc) is 3.39. The van der Waals surface area contributed by atoms with Gasteiger partial charge in [0, 0.05) is 88.9 Å². The summed E-state index contributed by atoms with van der Waals surface area (Å²) in [5.41, 5.74) is 0.890. The van der Waals surface area contributed by atoms with E-state index >= 15 is 0 Å². The van der Waals surface area contributed by atoms with Crippen molar-refractivity contribution < 1.29 is 74.9 Å². The standard InChI is InChI=1S/C62H109N3O15/c1-39(2)22-17-18-28-57(74)78-49-33-47(66)32-48(67)34-52(69)40(3)24-20-26-44(7)58(43(6)23-16-14-12-13-15-19-31-65-61(63-10)64-11)79-60(76)45(8)27-21-25-41(4)53(70)37-54(71)46(9)51(68)30-29-42(5)56(73)38-62(77)59(75)55(72)36-50(35-49)80-62/h12-13,20-21,24-27,39,41-44,46-56,58-59,66-73,75,77H,14-19,22-23,28-38H2,1-11H3,(H2,63,64,65)/t41?,42-,43-,44?,46?,47+,48+,49-,50-,51?,52-,53?,54?,55+,56-,58-,59-,62+/m0/s1. The van der Waals surface area contributed by atoms with Gasteiger partial charge in [0.2, 0.25) is 0 Å². The molecule has 0 aromatic carbocycles. The minimum atomic E-state index is -2.43. The number of unbranched alkanes of at least 4 members (excludes halogenated alkanes) is 3. The van der Waals surface area contributed by atoms with Crippen molar-refractivity contribution in [2.75, 3.05) is 20.6 Å². The monoisotopic (exact) mass is 1140 g/mol. The molecule has 2 bridgehead atoms.